The molecule has 0 amide bonds. The van der Waals surface area contributed by atoms with Gasteiger partial charge in [-0.25, -0.2) is 4.98 Å². The van der Waals surface area contributed by atoms with Crippen molar-refractivity contribution in [3.63, 3.8) is 0 Å². The first kappa shape index (κ1) is 28.3. The van der Waals surface area contributed by atoms with Crippen LogP contribution in [0.15, 0.2) is 156 Å². The van der Waals surface area contributed by atoms with Crippen LogP contribution in [0.1, 0.15) is 12.8 Å². The second-order valence-corrected chi connectivity index (χ2v) is 13.4. The summed E-state index contributed by atoms with van der Waals surface area (Å²) in [6.45, 7) is 2.08. The lowest BCUT2D eigenvalue weighted by Gasteiger charge is -2.33. The van der Waals surface area contributed by atoms with E-state index in [1.807, 2.05) is 12.1 Å². The van der Waals surface area contributed by atoms with Crippen LogP contribution in [0.3, 0.4) is 0 Å². The number of fused-ring (bicyclic) bond motifs is 8. The molecular formula is C45H30BN3O2. The molecule has 7 aromatic carbocycles. The van der Waals surface area contributed by atoms with Crippen LogP contribution < -0.4 is 26.0 Å². The minimum atomic E-state index is 0.0185. The van der Waals surface area contributed by atoms with Crippen molar-refractivity contribution in [2.75, 3.05) is 4.90 Å². The Balaban J connectivity index is 0.997. The molecular weight excluding hydrogens is 625 g/mol. The fraction of sp³-hybridized carbons (Fsp3) is 0.0444. The SMILES string of the molecule is CCc1nc2cc(B3c4ccccc4Oc4cc(-c5ccc(N6c7ccccc7-n7c8ccccc8c8cccc6c87)cc5)ccc43)ccc2o1. The summed E-state index contributed by atoms with van der Waals surface area (Å²) in [5, 5.41) is 2.53. The van der Waals surface area contributed by atoms with E-state index in [0.29, 0.717) is 0 Å². The highest BCUT2D eigenvalue weighted by Gasteiger charge is 2.33. The molecule has 240 valence electrons. The van der Waals surface area contributed by atoms with Gasteiger partial charge in [-0.3, -0.25) is 0 Å². The highest BCUT2D eigenvalue weighted by Crippen LogP contribution is 2.49. The van der Waals surface area contributed by atoms with E-state index in [9.17, 15) is 0 Å². The number of benzene rings is 7. The summed E-state index contributed by atoms with van der Waals surface area (Å²) in [4.78, 5) is 7.13. The zero-order valence-electron chi connectivity index (χ0n) is 27.9. The fourth-order valence-electron chi connectivity index (χ4n) is 8.31. The van der Waals surface area contributed by atoms with Gasteiger partial charge in [0.15, 0.2) is 11.5 Å². The van der Waals surface area contributed by atoms with E-state index in [1.54, 1.807) is 0 Å². The van der Waals surface area contributed by atoms with Gasteiger partial charge in [0.25, 0.3) is 6.71 Å². The molecule has 0 spiro atoms. The number of nitrogens with zero attached hydrogens (tertiary/aromatic N) is 3. The standard InChI is InChI=1S/C45H30BN3O2/c1-2-44-47-36-27-30(21-25-42(36)51-44)46-34-12-4-8-17-41(34)50-43-26-29(20-24-35(43)46)28-18-22-31(23-19-28)48-38-14-6-7-15-39(38)49-37-13-5-3-10-32(37)33-11-9-16-40(48)45(33)49/h3-27H,2H2,1H3. The molecule has 5 nitrogen and oxygen atoms in total. The second-order valence-electron chi connectivity index (χ2n) is 13.4. The predicted octanol–water partition coefficient (Wildman–Crippen LogP) is 9.56. The van der Waals surface area contributed by atoms with Gasteiger partial charge in [0.2, 0.25) is 0 Å². The molecule has 0 saturated heterocycles. The molecule has 0 unspecified atom stereocenters. The van der Waals surface area contributed by atoms with Gasteiger partial charge in [-0.1, -0.05) is 103 Å². The summed E-state index contributed by atoms with van der Waals surface area (Å²) in [7, 11) is 0. The van der Waals surface area contributed by atoms with E-state index < -0.39 is 0 Å². The monoisotopic (exact) mass is 655 g/mol. The van der Waals surface area contributed by atoms with Crippen molar-refractivity contribution in [1.29, 1.82) is 0 Å². The molecule has 0 fully saturated rings. The third-order valence-electron chi connectivity index (χ3n) is 10.6. The highest BCUT2D eigenvalue weighted by atomic mass is 16.5. The lowest BCUT2D eigenvalue weighted by atomic mass is 9.36. The normalized spacial score (nSPS) is 13.0. The number of aromatic nitrogens is 2. The smallest absolute Gasteiger partial charge is 0.251 e. The van der Waals surface area contributed by atoms with Gasteiger partial charge in [0.1, 0.15) is 17.0 Å². The topological polar surface area (TPSA) is 43.4 Å². The number of hydrogen-bond acceptors (Lipinski definition) is 4. The van der Waals surface area contributed by atoms with Gasteiger partial charge in [-0.15, -0.1) is 0 Å². The molecule has 0 radical (unpaired) electrons. The maximum atomic E-state index is 6.60. The van der Waals surface area contributed by atoms with Crippen LogP contribution in [0, 0.1) is 0 Å². The average Bonchev–Trinajstić information content (AvgIpc) is 3.77. The van der Waals surface area contributed by atoms with Gasteiger partial charge < -0.3 is 18.6 Å². The van der Waals surface area contributed by atoms with Crippen LogP contribution >= 0.6 is 0 Å². The van der Waals surface area contributed by atoms with Gasteiger partial charge >= 0.3 is 0 Å². The Kier molecular flexibility index (Phi) is 5.96. The van der Waals surface area contributed by atoms with Crippen molar-refractivity contribution < 1.29 is 9.15 Å². The summed E-state index contributed by atoms with van der Waals surface area (Å²) < 4.78 is 15.0. The van der Waals surface area contributed by atoms with E-state index in [0.717, 1.165) is 68.3 Å². The van der Waals surface area contributed by atoms with Crippen molar-refractivity contribution in [2.24, 2.45) is 0 Å². The van der Waals surface area contributed by atoms with Crippen molar-refractivity contribution >= 4 is 73.1 Å². The van der Waals surface area contributed by atoms with Crippen LogP contribution in [0.5, 0.6) is 11.5 Å². The first-order valence-corrected chi connectivity index (χ1v) is 17.6. The van der Waals surface area contributed by atoms with E-state index in [-0.39, 0.29) is 6.71 Å². The number of oxazole rings is 1. The minimum Gasteiger partial charge on any atom is -0.458 e. The maximum absolute atomic E-state index is 6.60. The molecule has 2 aromatic heterocycles. The Morgan fingerprint density at radius 2 is 1.35 bits per heavy atom. The van der Waals surface area contributed by atoms with Crippen LogP contribution in [-0.4, -0.2) is 16.3 Å². The molecule has 0 atom stereocenters. The lowest BCUT2D eigenvalue weighted by Crippen LogP contribution is -2.54. The zero-order chi connectivity index (χ0) is 33.6. The number of aryl methyl sites for hydroxylation is 1. The molecule has 11 rings (SSSR count). The fourth-order valence-corrected chi connectivity index (χ4v) is 8.31. The number of para-hydroxylation sites is 5. The molecule has 9 aromatic rings. The van der Waals surface area contributed by atoms with Crippen molar-refractivity contribution in [2.45, 2.75) is 13.3 Å². The van der Waals surface area contributed by atoms with E-state index >= 15 is 0 Å². The van der Waals surface area contributed by atoms with Crippen LogP contribution in [-0.2, 0) is 6.42 Å². The van der Waals surface area contributed by atoms with Crippen molar-refractivity contribution in [3.05, 3.63) is 158 Å². The zero-order valence-corrected chi connectivity index (χ0v) is 27.9. The quantitative estimate of drug-likeness (QED) is 0.177. The predicted molar refractivity (Wildman–Crippen MR) is 209 cm³/mol. The van der Waals surface area contributed by atoms with E-state index in [1.165, 1.54) is 38.6 Å². The average molecular weight is 656 g/mol. The molecule has 6 heteroatoms. The van der Waals surface area contributed by atoms with Gasteiger partial charge in [0, 0.05) is 22.9 Å². The third-order valence-corrected chi connectivity index (χ3v) is 10.6. The first-order chi connectivity index (χ1) is 25.2. The third kappa shape index (κ3) is 4.14. The molecule has 0 saturated carbocycles. The Labute approximate surface area is 295 Å². The molecule has 2 aliphatic rings. The summed E-state index contributed by atoms with van der Waals surface area (Å²) in [5.41, 5.74) is 14.5. The second kappa shape index (κ2) is 10.7. The van der Waals surface area contributed by atoms with Crippen molar-refractivity contribution in [1.82, 2.24) is 9.55 Å². The van der Waals surface area contributed by atoms with Gasteiger partial charge in [-0.05, 0) is 82.7 Å². The van der Waals surface area contributed by atoms with E-state index in [2.05, 4.69) is 156 Å². The molecule has 2 aliphatic heterocycles. The molecule has 0 bridgehead atoms. The van der Waals surface area contributed by atoms with Crippen LogP contribution in [0.4, 0.5) is 17.1 Å². The Morgan fingerprint density at radius 1 is 0.608 bits per heavy atom. The summed E-state index contributed by atoms with van der Waals surface area (Å²) in [6.07, 6.45) is 0.768. The molecule has 51 heavy (non-hydrogen) atoms. The number of anilines is 3. The maximum Gasteiger partial charge on any atom is 0.251 e. The first-order valence-electron chi connectivity index (χ1n) is 17.6. The number of rotatable bonds is 4. The largest absolute Gasteiger partial charge is 0.458 e. The summed E-state index contributed by atoms with van der Waals surface area (Å²) in [6, 6.07) is 54.3. The summed E-state index contributed by atoms with van der Waals surface area (Å²) in [5.74, 6) is 2.52. The minimum absolute atomic E-state index is 0.0185. The Bertz CT molecular complexity index is 2850. The Hall–Kier alpha value is -6.53. The van der Waals surface area contributed by atoms with Gasteiger partial charge in [-0.2, -0.15) is 0 Å². The van der Waals surface area contributed by atoms with E-state index in [4.69, 9.17) is 14.1 Å². The number of hydrogen-bond donors (Lipinski definition) is 0. The van der Waals surface area contributed by atoms with Crippen molar-refractivity contribution in [3.8, 4) is 28.3 Å². The van der Waals surface area contributed by atoms with Crippen LogP contribution in [0.25, 0.3) is 49.7 Å². The molecule has 0 aliphatic carbocycles. The van der Waals surface area contributed by atoms with Gasteiger partial charge in [0.05, 0.1) is 28.1 Å². The highest BCUT2D eigenvalue weighted by molar-refractivity contribution is 6.97. The number of ether oxygens (including phenoxy) is 1. The summed E-state index contributed by atoms with van der Waals surface area (Å²) >= 11 is 0. The lowest BCUT2D eigenvalue weighted by molar-refractivity contribution is 0.487. The Morgan fingerprint density at radius 3 is 2.25 bits per heavy atom. The molecule has 4 heterocycles. The molecule has 0 N–H and O–H groups in total. The van der Waals surface area contributed by atoms with Crippen LogP contribution in [0.2, 0.25) is 0 Å².